The molecule has 28 heavy (non-hydrogen) atoms. The molecule has 1 aromatic rings. The van der Waals surface area contributed by atoms with Crippen LogP contribution in [0, 0.1) is 0 Å². The summed E-state index contributed by atoms with van der Waals surface area (Å²) in [6, 6.07) is 7.67. The molecule has 3 atom stereocenters. The minimum atomic E-state index is -0.258. The van der Waals surface area contributed by atoms with E-state index < -0.39 is 0 Å². The highest BCUT2D eigenvalue weighted by molar-refractivity contribution is 5.79. The molecule has 3 amide bonds. The molecule has 6 heteroatoms. The Kier molecular flexibility index (Phi) is 7.63. The van der Waals surface area contributed by atoms with Crippen molar-refractivity contribution >= 4 is 18.0 Å². The average molecular weight is 388 g/mol. The number of nitrogens with one attached hydrogen (secondary N) is 1. The van der Waals surface area contributed by atoms with Gasteiger partial charge in [-0.15, -0.1) is 0 Å². The Morgan fingerprint density at radius 1 is 1.25 bits per heavy atom. The molecule has 2 N–H and O–H groups in total. The number of benzene rings is 1. The van der Waals surface area contributed by atoms with Crippen LogP contribution in [0.3, 0.4) is 0 Å². The predicted molar refractivity (Wildman–Crippen MR) is 112 cm³/mol. The smallest absolute Gasteiger partial charge is 0.317 e. The highest BCUT2D eigenvalue weighted by Crippen LogP contribution is 2.41. The lowest BCUT2D eigenvalue weighted by molar-refractivity contribution is -0.151. The molecule has 6 nitrogen and oxygen atoms in total. The van der Waals surface area contributed by atoms with E-state index in [0.717, 1.165) is 11.1 Å². The van der Waals surface area contributed by atoms with Crippen LogP contribution in [0.1, 0.15) is 51.2 Å². The van der Waals surface area contributed by atoms with Crippen molar-refractivity contribution in [2.45, 2.75) is 58.2 Å². The highest BCUT2D eigenvalue weighted by Gasteiger charge is 2.51. The first-order chi connectivity index (χ1) is 13.3. The van der Waals surface area contributed by atoms with Crippen molar-refractivity contribution in [3.8, 4) is 0 Å². The van der Waals surface area contributed by atoms with Gasteiger partial charge in [0.05, 0.1) is 18.7 Å². The Bertz CT molecular complexity index is 699. The molecule has 0 spiro atoms. The fourth-order valence-electron chi connectivity index (χ4n) is 3.89. The van der Waals surface area contributed by atoms with Crippen LogP contribution in [0.15, 0.2) is 30.3 Å². The van der Waals surface area contributed by atoms with Crippen molar-refractivity contribution in [2.75, 3.05) is 20.2 Å². The van der Waals surface area contributed by atoms with Gasteiger partial charge < -0.3 is 20.2 Å². The molecular weight excluding hydrogens is 354 g/mol. The van der Waals surface area contributed by atoms with E-state index in [0.29, 0.717) is 13.0 Å². The summed E-state index contributed by atoms with van der Waals surface area (Å²) in [6.45, 7) is 7.96. The van der Waals surface area contributed by atoms with Crippen molar-refractivity contribution in [2.24, 2.45) is 0 Å². The largest absolute Gasteiger partial charge is 0.394 e. The second-order valence-corrected chi connectivity index (χ2v) is 7.65. The molecule has 0 radical (unpaired) electrons. The molecule has 1 heterocycles. The first kappa shape index (κ1) is 22.0. The van der Waals surface area contributed by atoms with Gasteiger partial charge in [-0.3, -0.25) is 4.79 Å². The molecule has 1 aromatic carbocycles. The van der Waals surface area contributed by atoms with Crippen LogP contribution in [0.2, 0.25) is 0 Å². The van der Waals surface area contributed by atoms with Crippen LogP contribution in [0.5, 0.6) is 0 Å². The van der Waals surface area contributed by atoms with E-state index in [1.54, 1.807) is 16.8 Å². The molecule has 1 saturated heterocycles. The maximum atomic E-state index is 12.5. The second kappa shape index (κ2) is 9.73. The lowest BCUT2D eigenvalue weighted by Crippen LogP contribution is -2.68. The van der Waals surface area contributed by atoms with Crippen molar-refractivity contribution in [3.63, 3.8) is 0 Å². The molecule has 0 saturated carbocycles. The summed E-state index contributed by atoms with van der Waals surface area (Å²) in [5.74, 6) is -0.00189. The molecule has 2 rings (SSSR count). The molecule has 0 aliphatic carbocycles. The number of urea groups is 1. The number of carbonyl (C=O) groups is 2. The summed E-state index contributed by atoms with van der Waals surface area (Å²) in [5, 5.41) is 12.8. The maximum Gasteiger partial charge on any atom is 0.317 e. The summed E-state index contributed by atoms with van der Waals surface area (Å²) < 4.78 is 0. The zero-order valence-corrected chi connectivity index (χ0v) is 17.6. The average Bonchev–Trinajstić information content (AvgIpc) is 2.65. The zero-order valence-electron chi connectivity index (χ0n) is 17.6. The predicted octanol–water partition coefficient (Wildman–Crippen LogP) is 2.83. The van der Waals surface area contributed by atoms with Crippen molar-refractivity contribution in [1.29, 1.82) is 0 Å². The van der Waals surface area contributed by atoms with Gasteiger partial charge in [0.1, 0.15) is 0 Å². The van der Waals surface area contributed by atoms with E-state index in [1.165, 1.54) is 0 Å². The molecule has 0 bridgehead atoms. The molecule has 0 unspecified atom stereocenters. The number of amides is 3. The Morgan fingerprint density at radius 3 is 2.39 bits per heavy atom. The van der Waals surface area contributed by atoms with E-state index in [9.17, 15) is 14.7 Å². The maximum absolute atomic E-state index is 12.5. The summed E-state index contributed by atoms with van der Waals surface area (Å²) in [7, 11) is 1.74. The Hall–Kier alpha value is -2.34. The number of hydrogen-bond donors (Lipinski definition) is 2. The van der Waals surface area contributed by atoms with E-state index in [2.05, 4.69) is 17.4 Å². The first-order valence-corrected chi connectivity index (χ1v) is 10.00. The number of likely N-dealkylation sites (N-methyl/N-ethyl adjacent to an activating group) is 1. The van der Waals surface area contributed by atoms with Gasteiger partial charge in [-0.05, 0) is 31.9 Å². The second-order valence-electron chi connectivity index (χ2n) is 7.65. The molecule has 0 aromatic heterocycles. The minimum Gasteiger partial charge on any atom is -0.394 e. The van der Waals surface area contributed by atoms with Gasteiger partial charge in [0, 0.05) is 32.0 Å². The third-order valence-electron chi connectivity index (χ3n) is 5.22. The number of likely N-dealkylation sites (tertiary alicyclic amines) is 1. The van der Waals surface area contributed by atoms with Crippen LogP contribution in [0.25, 0.3) is 6.08 Å². The Balaban J connectivity index is 2.26. The number of allylic oxidation sites excluding steroid dienone is 1. The molecule has 154 valence electrons. The monoisotopic (exact) mass is 387 g/mol. The van der Waals surface area contributed by atoms with Gasteiger partial charge >= 0.3 is 6.03 Å². The van der Waals surface area contributed by atoms with Gasteiger partial charge in [-0.2, -0.15) is 0 Å². The van der Waals surface area contributed by atoms with E-state index in [-0.39, 0.29) is 42.6 Å². The van der Waals surface area contributed by atoms with Crippen LogP contribution in [-0.2, 0) is 4.79 Å². The van der Waals surface area contributed by atoms with Gasteiger partial charge in [0.2, 0.25) is 5.91 Å². The van der Waals surface area contributed by atoms with Crippen molar-refractivity contribution in [1.82, 2.24) is 15.1 Å². The van der Waals surface area contributed by atoms with E-state index in [1.807, 2.05) is 52.0 Å². The molecule has 1 aliphatic heterocycles. The van der Waals surface area contributed by atoms with Crippen LogP contribution in [0.4, 0.5) is 4.79 Å². The summed E-state index contributed by atoms with van der Waals surface area (Å²) >= 11 is 0. The lowest BCUT2D eigenvalue weighted by Gasteiger charge is -2.55. The summed E-state index contributed by atoms with van der Waals surface area (Å²) in [4.78, 5) is 28.2. The quantitative estimate of drug-likeness (QED) is 0.756. The fraction of sp³-hybridized carbons (Fsp3) is 0.545. The first-order valence-electron chi connectivity index (χ1n) is 10.00. The number of hydrogen-bond acceptors (Lipinski definition) is 3. The number of nitrogens with zero attached hydrogens (tertiary/aromatic N) is 2. The standard InChI is InChI=1S/C22H33N3O3/c1-6-8-16-9-11-17(12-10-16)21-18(13-24(5)22(28)23-15(3)4)25(19(21)14-26)20(27)7-2/h6,8-12,15,18-19,21,26H,7,13-14H2,1-5H3,(H,23,28)/b8-6+/t18-,19-,21-/m1/s1. The van der Waals surface area contributed by atoms with Crippen LogP contribution < -0.4 is 5.32 Å². The molecule has 1 aliphatic rings. The van der Waals surface area contributed by atoms with Crippen molar-refractivity contribution < 1.29 is 14.7 Å². The Labute approximate surface area is 168 Å². The third-order valence-corrected chi connectivity index (χ3v) is 5.22. The fourth-order valence-corrected chi connectivity index (χ4v) is 3.89. The SMILES string of the molecule is C/C=C/c1ccc([C@H]2[C@@H](CO)N(C(=O)CC)[C@@H]2CN(C)C(=O)NC(C)C)cc1. The van der Waals surface area contributed by atoms with E-state index in [4.69, 9.17) is 0 Å². The Morgan fingerprint density at radius 2 is 1.89 bits per heavy atom. The van der Waals surface area contributed by atoms with Crippen LogP contribution in [-0.4, -0.2) is 65.2 Å². The topological polar surface area (TPSA) is 72.9 Å². The lowest BCUT2D eigenvalue weighted by atomic mass is 9.74. The summed E-state index contributed by atoms with van der Waals surface area (Å²) in [5.41, 5.74) is 2.19. The molecule has 1 fully saturated rings. The van der Waals surface area contributed by atoms with Gasteiger partial charge in [-0.25, -0.2) is 4.79 Å². The summed E-state index contributed by atoms with van der Waals surface area (Å²) in [6.07, 6.45) is 4.39. The zero-order chi connectivity index (χ0) is 20.8. The number of rotatable bonds is 7. The number of carbonyl (C=O) groups excluding carboxylic acids is 2. The van der Waals surface area contributed by atoms with Crippen LogP contribution >= 0.6 is 0 Å². The highest BCUT2D eigenvalue weighted by atomic mass is 16.3. The van der Waals surface area contributed by atoms with Crippen molar-refractivity contribution in [3.05, 3.63) is 41.5 Å². The van der Waals surface area contributed by atoms with Gasteiger partial charge in [0.25, 0.3) is 0 Å². The number of aliphatic hydroxyl groups excluding tert-OH is 1. The number of aliphatic hydroxyl groups is 1. The van der Waals surface area contributed by atoms with E-state index >= 15 is 0 Å². The normalized spacial score (nSPS) is 21.7. The third kappa shape index (κ3) is 4.73. The minimum absolute atomic E-state index is 0.00324. The van der Waals surface area contributed by atoms with Gasteiger partial charge in [0.15, 0.2) is 0 Å². The van der Waals surface area contributed by atoms with Gasteiger partial charge in [-0.1, -0.05) is 43.3 Å². The molecular formula is C22H33N3O3.